The average Bonchev–Trinajstić information content (AvgIpc) is 2.69. The molecule has 0 spiro atoms. The van der Waals surface area contributed by atoms with Gasteiger partial charge >= 0.3 is 6.18 Å². The molecule has 7 heteroatoms. The maximum Gasteiger partial charge on any atom is 0.416 e. The lowest BCUT2D eigenvalue weighted by atomic mass is 10.1. The molecule has 0 amide bonds. The minimum Gasteiger partial charge on any atom is -0.166 e. The van der Waals surface area contributed by atoms with Gasteiger partial charge < -0.3 is 0 Å². The highest BCUT2D eigenvalue weighted by atomic mass is 79.9. The molecule has 1 atom stereocenters. The van der Waals surface area contributed by atoms with Crippen molar-refractivity contribution in [3.63, 3.8) is 0 Å². The number of rotatable bonds is 3. The Morgan fingerprint density at radius 3 is 2.20 bits per heavy atom. The van der Waals surface area contributed by atoms with Gasteiger partial charge in [0.05, 0.1) is 14.7 Å². The van der Waals surface area contributed by atoms with E-state index in [1.807, 2.05) is 6.07 Å². The molecule has 1 heterocycles. The van der Waals surface area contributed by atoms with E-state index in [9.17, 15) is 13.2 Å². The first-order valence-corrected chi connectivity index (χ1v) is 8.36. The Bertz CT molecular complexity index is 573. The molecule has 0 fully saturated rings. The monoisotopic (exact) mass is 446 g/mol. The van der Waals surface area contributed by atoms with Crippen LogP contribution in [-0.2, 0) is 12.6 Å². The summed E-state index contributed by atoms with van der Waals surface area (Å²) >= 11 is 14.6. The van der Waals surface area contributed by atoms with Gasteiger partial charge in [-0.25, -0.2) is 0 Å². The summed E-state index contributed by atoms with van der Waals surface area (Å²) in [6, 6.07) is 7.01. The lowest BCUT2D eigenvalue weighted by molar-refractivity contribution is -0.137. The maximum absolute atomic E-state index is 12.5. The van der Waals surface area contributed by atoms with E-state index in [0.29, 0.717) is 6.42 Å². The van der Waals surface area contributed by atoms with E-state index in [1.165, 1.54) is 23.5 Å². The molecule has 0 radical (unpaired) electrons. The van der Waals surface area contributed by atoms with Gasteiger partial charge in [0.15, 0.2) is 0 Å². The van der Waals surface area contributed by atoms with E-state index in [1.54, 1.807) is 0 Å². The van der Waals surface area contributed by atoms with Gasteiger partial charge in [-0.15, -0.1) is 22.9 Å². The van der Waals surface area contributed by atoms with Crippen molar-refractivity contribution < 1.29 is 13.2 Å². The van der Waals surface area contributed by atoms with Crippen LogP contribution in [0.5, 0.6) is 0 Å². The normalized spacial score (nSPS) is 13.5. The maximum atomic E-state index is 12.5. The molecule has 0 bridgehead atoms. The predicted molar refractivity (Wildman–Crippen MR) is 83.5 cm³/mol. The Kier molecular flexibility index (Phi) is 5.21. The van der Waals surface area contributed by atoms with Crippen molar-refractivity contribution >= 4 is 54.8 Å². The van der Waals surface area contributed by atoms with E-state index >= 15 is 0 Å². The molecule has 1 aromatic heterocycles. The molecule has 0 aliphatic carbocycles. The quantitative estimate of drug-likeness (QED) is 0.452. The van der Waals surface area contributed by atoms with Gasteiger partial charge in [-0.1, -0.05) is 12.1 Å². The summed E-state index contributed by atoms with van der Waals surface area (Å²) in [6.07, 6.45) is -3.82. The first kappa shape index (κ1) is 16.3. The second-order valence-corrected chi connectivity index (χ2v) is 7.92. The third-order valence-corrected chi connectivity index (χ3v) is 6.56. The lowest BCUT2D eigenvalue weighted by Gasteiger charge is -2.10. The highest BCUT2D eigenvalue weighted by Crippen LogP contribution is 2.39. The average molecular weight is 449 g/mol. The number of halogens is 6. The first-order valence-electron chi connectivity index (χ1n) is 5.52. The summed E-state index contributed by atoms with van der Waals surface area (Å²) in [6.45, 7) is 0. The van der Waals surface area contributed by atoms with Crippen molar-refractivity contribution in [3.8, 4) is 0 Å². The fraction of sp³-hybridized carbons (Fsp3) is 0.231. The van der Waals surface area contributed by atoms with E-state index in [2.05, 4.69) is 31.9 Å². The highest BCUT2D eigenvalue weighted by Gasteiger charge is 2.30. The molecule has 0 saturated heterocycles. The predicted octanol–water partition coefficient (Wildman–Crippen LogP) is 6.81. The molecule has 0 N–H and O–H groups in total. The van der Waals surface area contributed by atoms with Crippen molar-refractivity contribution in [3.05, 3.63) is 54.6 Å². The topological polar surface area (TPSA) is 0 Å². The zero-order valence-corrected chi connectivity index (χ0v) is 14.6. The van der Waals surface area contributed by atoms with Crippen LogP contribution in [0, 0.1) is 0 Å². The first-order chi connectivity index (χ1) is 9.27. The molecule has 20 heavy (non-hydrogen) atoms. The Labute approximate surface area is 140 Å². The zero-order valence-electron chi connectivity index (χ0n) is 9.85. The van der Waals surface area contributed by atoms with Crippen LogP contribution in [0.3, 0.4) is 0 Å². The fourth-order valence-corrected chi connectivity index (χ4v) is 4.10. The second kappa shape index (κ2) is 6.38. The van der Waals surface area contributed by atoms with Gasteiger partial charge in [0.2, 0.25) is 0 Å². The Hall–Kier alpha value is -0.0400. The Morgan fingerprint density at radius 2 is 1.75 bits per heavy atom. The van der Waals surface area contributed by atoms with E-state index in [0.717, 1.165) is 30.8 Å². The molecule has 0 aliphatic heterocycles. The molecule has 1 aromatic carbocycles. The third-order valence-electron chi connectivity index (χ3n) is 2.67. The van der Waals surface area contributed by atoms with Crippen molar-refractivity contribution in [1.82, 2.24) is 0 Å². The van der Waals surface area contributed by atoms with Crippen LogP contribution in [0.15, 0.2) is 38.6 Å². The van der Waals surface area contributed by atoms with Crippen LogP contribution in [-0.4, -0.2) is 0 Å². The minimum atomic E-state index is -4.30. The van der Waals surface area contributed by atoms with Gasteiger partial charge in [0.1, 0.15) is 0 Å². The Balaban J connectivity index is 2.10. The van der Waals surface area contributed by atoms with E-state index < -0.39 is 11.7 Å². The molecule has 0 saturated carbocycles. The number of alkyl halides is 4. The highest BCUT2D eigenvalue weighted by molar-refractivity contribution is 9.13. The van der Waals surface area contributed by atoms with Crippen molar-refractivity contribution in [2.24, 2.45) is 0 Å². The van der Waals surface area contributed by atoms with Crippen LogP contribution in [0.1, 0.15) is 21.4 Å². The summed E-state index contributed by atoms with van der Waals surface area (Å²) in [7, 11) is 0. The molecular weight excluding hydrogens is 440 g/mol. The summed E-state index contributed by atoms with van der Waals surface area (Å²) in [5.41, 5.74) is 0.132. The number of thiophene rings is 1. The summed E-state index contributed by atoms with van der Waals surface area (Å²) in [4.78, 5) is 0.963. The summed E-state index contributed by atoms with van der Waals surface area (Å²) in [5, 5.41) is -0.265. The second-order valence-electron chi connectivity index (χ2n) is 4.14. The smallest absolute Gasteiger partial charge is 0.166 e. The van der Waals surface area contributed by atoms with Gasteiger partial charge in [-0.3, -0.25) is 0 Å². The third kappa shape index (κ3) is 4.00. The van der Waals surface area contributed by atoms with Crippen LogP contribution >= 0.6 is 54.8 Å². The van der Waals surface area contributed by atoms with E-state index in [4.69, 9.17) is 11.6 Å². The van der Waals surface area contributed by atoms with Crippen LogP contribution in [0.25, 0.3) is 0 Å². The molecular formula is C13H8Br2ClF3S. The summed E-state index contributed by atoms with van der Waals surface area (Å²) < 4.78 is 39.3. The molecule has 2 aromatic rings. The van der Waals surface area contributed by atoms with Gasteiger partial charge in [-0.2, -0.15) is 13.2 Å². The number of hydrogen-bond acceptors (Lipinski definition) is 1. The molecule has 108 valence electrons. The molecule has 1 unspecified atom stereocenters. The van der Waals surface area contributed by atoms with Crippen molar-refractivity contribution in [1.29, 1.82) is 0 Å². The van der Waals surface area contributed by atoms with Gasteiger partial charge in [0.25, 0.3) is 0 Å². The lowest BCUT2D eigenvalue weighted by Crippen LogP contribution is -2.04. The number of hydrogen-bond donors (Lipinski definition) is 0. The SMILES string of the molecule is FC(F)(F)c1ccc(CC(Cl)c2cc(Br)c(Br)s2)cc1. The van der Waals surface area contributed by atoms with Crippen LogP contribution < -0.4 is 0 Å². The standard InChI is InChI=1S/C13H8Br2ClF3S/c14-9-6-11(20-12(9)15)10(16)5-7-1-3-8(4-2-7)13(17,18)19/h1-4,6,10H,5H2. The molecule has 0 aliphatic rings. The van der Waals surface area contributed by atoms with Gasteiger partial charge in [0, 0.05) is 9.35 Å². The molecule has 0 nitrogen and oxygen atoms in total. The molecule has 2 rings (SSSR count). The van der Waals surface area contributed by atoms with Crippen LogP contribution in [0.4, 0.5) is 13.2 Å². The van der Waals surface area contributed by atoms with E-state index in [-0.39, 0.29) is 5.38 Å². The van der Waals surface area contributed by atoms with Crippen molar-refractivity contribution in [2.45, 2.75) is 18.0 Å². The largest absolute Gasteiger partial charge is 0.416 e. The number of benzene rings is 1. The fourth-order valence-electron chi connectivity index (χ4n) is 1.66. The summed E-state index contributed by atoms with van der Waals surface area (Å²) in [5.74, 6) is 0. The van der Waals surface area contributed by atoms with Crippen LogP contribution in [0.2, 0.25) is 0 Å². The zero-order chi connectivity index (χ0) is 14.9. The Morgan fingerprint density at radius 1 is 1.15 bits per heavy atom. The van der Waals surface area contributed by atoms with Gasteiger partial charge in [-0.05, 0) is 62.0 Å². The minimum absolute atomic E-state index is 0.265. The van der Waals surface area contributed by atoms with Crippen molar-refractivity contribution in [2.75, 3.05) is 0 Å².